The minimum atomic E-state index is -1.16. The van der Waals surface area contributed by atoms with Gasteiger partial charge in [0.15, 0.2) is 5.82 Å². The highest BCUT2D eigenvalue weighted by Crippen LogP contribution is 2.36. The number of benzene rings is 2. The van der Waals surface area contributed by atoms with Crippen LogP contribution in [0.2, 0.25) is 0 Å². The number of alkyl halides is 1. The van der Waals surface area contributed by atoms with Crippen molar-refractivity contribution in [1.29, 1.82) is 0 Å². The van der Waals surface area contributed by atoms with Crippen LogP contribution in [-0.2, 0) is 0 Å². The number of halogens is 1. The first-order chi connectivity index (χ1) is 14.0. The second-order valence-corrected chi connectivity index (χ2v) is 7.83. The SMILES string of the molecule is CC1(F)CC(NC(=O)c2cccc3cc(Nc4n[nH]c5cccnc45)ccc23)C1. The molecule has 29 heavy (non-hydrogen) atoms. The predicted octanol–water partition coefficient (Wildman–Crippen LogP) is 4.48. The van der Waals surface area contributed by atoms with Crippen molar-refractivity contribution in [2.24, 2.45) is 0 Å². The number of hydrogen-bond donors (Lipinski definition) is 3. The van der Waals surface area contributed by atoms with Crippen LogP contribution in [0.4, 0.5) is 15.9 Å². The van der Waals surface area contributed by atoms with Crippen LogP contribution < -0.4 is 10.6 Å². The van der Waals surface area contributed by atoms with E-state index in [-0.39, 0.29) is 11.9 Å². The smallest absolute Gasteiger partial charge is 0.252 e. The summed E-state index contributed by atoms with van der Waals surface area (Å²) >= 11 is 0. The Morgan fingerprint density at radius 1 is 1.21 bits per heavy atom. The fraction of sp³-hybridized carbons (Fsp3) is 0.227. The second-order valence-electron chi connectivity index (χ2n) is 7.83. The van der Waals surface area contributed by atoms with Crippen molar-refractivity contribution >= 4 is 39.2 Å². The van der Waals surface area contributed by atoms with E-state index in [0.717, 1.165) is 27.5 Å². The van der Waals surface area contributed by atoms with Crippen molar-refractivity contribution in [2.45, 2.75) is 31.5 Å². The molecule has 0 aliphatic heterocycles. The Bertz CT molecular complexity index is 1220. The van der Waals surface area contributed by atoms with E-state index >= 15 is 0 Å². The lowest BCUT2D eigenvalue weighted by molar-refractivity contribution is 0.0446. The third-order valence-corrected chi connectivity index (χ3v) is 5.39. The van der Waals surface area contributed by atoms with Crippen LogP contribution in [0.1, 0.15) is 30.1 Å². The molecule has 1 aliphatic carbocycles. The predicted molar refractivity (Wildman–Crippen MR) is 111 cm³/mol. The van der Waals surface area contributed by atoms with Gasteiger partial charge in [-0.05, 0) is 48.0 Å². The molecule has 2 aromatic heterocycles. The normalized spacial score (nSPS) is 21.1. The first-order valence-electron chi connectivity index (χ1n) is 9.57. The number of aromatic nitrogens is 3. The summed E-state index contributed by atoms with van der Waals surface area (Å²) in [7, 11) is 0. The van der Waals surface area contributed by atoms with Gasteiger partial charge >= 0.3 is 0 Å². The van der Waals surface area contributed by atoms with Crippen molar-refractivity contribution in [2.75, 3.05) is 5.32 Å². The summed E-state index contributed by atoms with van der Waals surface area (Å²) in [6.07, 6.45) is 2.45. The van der Waals surface area contributed by atoms with Gasteiger partial charge in [0.25, 0.3) is 5.91 Å². The van der Waals surface area contributed by atoms with Gasteiger partial charge in [-0.2, -0.15) is 5.10 Å². The Labute approximate surface area is 166 Å². The molecule has 3 N–H and O–H groups in total. The number of rotatable bonds is 4. The molecule has 2 heterocycles. The fourth-order valence-electron chi connectivity index (χ4n) is 3.97. The van der Waals surface area contributed by atoms with Crippen LogP contribution in [0, 0.1) is 0 Å². The molecule has 2 aromatic carbocycles. The third-order valence-electron chi connectivity index (χ3n) is 5.39. The zero-order valence-electron chi connectivity index (χ0n) is 15.9. The maximum Gasteiger partial charge on any atom is 0.252 e. The number of hydrogen-bond acceptors (Lipinski definition) is 4. The van der Waals surface area contributed by atoms with Gasteiger partial charge in [0.2, 0.25) is 0 Å². The molecule has 1 saturated carbocycles. The number of nitrogens with one attached hydrogen (secondary N) is 3. The van der Waals surface area contributed by atoms with Gasteiger partial charge in [-0.1, -0.05) is 18.2 Å². The summed E-state index contributed by atoms with van der Waals surface area (Å²) in [5.74, 6) is 0.479. The van der Waals surface area contributed by atoms with E-state index < -0.39 is 5.67 Å². The van der Waals surface area contributed by atoms with E-state index in [2.05, 4.69) is 25.8 Å². The Hall–Kier alpha value is -3.48. The number of carbonyl (C=O) groups excluding carboxylic acids is 1. The summed E-state index contributed by atoms with van der Waals surface area (Å²) < 4.78 is 13.7. The molecule has 0 unspecified atom stereocenters. The third kappa shape index (κ3) is 3.29. The molecule has 146 valence electrons. The average Bonchev–Trinajstić information content (AvgIpc) is 3.09. The van der Waals surface area contributed by atoms with Gasteiger partial charge in [0.05, 0.1) is 5.52 Å². The highest BCUT2D eigenvalue weighted by molar-refractivity contribution is 6.08. The number of fused-ring (bicyclic) bond motifs is 2. The van der Waals surface area contributed by atoms with Crippen LogP contribution in [-0.4, -0.2) is 32.8 Å². The number of pyridine rings is 1. The van der Waals surface area contributed by atoms with E-state index in [1.54, 1.807) is 19.2 Å². The van der Waals surface area contributed by atoms with Gasteiger partial charge in [0, 0.05) is 36.3 Å². The van der Waals surface area contributed by atoms with Crippen molar-refractivity contribution in [3.05, 3.63) is 60.3 Å². The number of carbonyl (C=O) groups is 1. The maximum absolute atomic E-state index is 13.7. The summed E-state index contributed by atoms with van der Waals surface area (Å²) in [5.41, 5.74) is 1.90. The van der Waals surface area contributed by atoms with E-state index in [0.29, 0.717) is 24.2 Å². The largest absolute Gasteiger partial charge is 0.349 e. The Balaban J connectivity index is 1.40. The van der Waals surface area contributed by atoms with E-state index in [1.165, 1.54) is 0 Å². The second kappa shape index (κ2) is 6.55. The molecule has 0 saturated heterocycles. The molecule has 1 amide bonds. The van der Waals surface area contributed by atoms with Crippen LogP contribution in [0.3, 0.4) is 0 Å². The standard InChI is InChI=1S/C22H20FN5O/c1-22(23)11-15(12-22)26-21(29)17-5-2-4-13-10-14(7-8-16(13)17)25-20-19-18(27-28-20)6-3-9-24-19/h2-10,15H,11-12H2,1H3,(H,26,29)(H2,25,27,28). The minimum absolute atomic E-state index is 0.103. The van der Waals surface area contributed by atoms with Gasteiger partial charge in [-0.3, -0.25) is 14.9 Å². The zero-order chi connectivity index (χ0) is 20.0. The summed E-state index contributed by atoms with van der Waals surface area (Å²) in [6.45, 7) is 1.57. The van der Waals surface area contributed by atoms with Gasteiger partial charge < -0.3 is 10.6 Å². The quantitative estimate of drug-likeness (QED) is 0.481. The van der Waals surface area contributed by atoms with Crippen molar-refractivity contribution < 1.29 is 9.18 Å². The number of aromatic amines is 1. The first kappa shape index (κ1) is 17.6. The highest BCUT2D eigenvalue weighted by Gasteiger charge is 2.41. The van der Waals surface area contributed by atoms with Crippen LogP contribution in [0.25, 0.3) is 21.8 Å². The monoisotopic (exact) mass is 389 g/mol. The minimum Gasteiger partial charge on any atom is -0.349 e. The molecule has 0 bridgehead atoms. The lowest BCUT2D eigenvalue weighted by Crippen LogP contribution is -2.51. The lowest BCUT2D eigenvalue weighted by Gasteiger charge is -2.39. The Morgan fingerprint density at radius 3 is 2.90 bits per heavy atom. The molecule has 4 aromatic rings. The van der Waals surface area contributed by atoms with E-state index in [9.17, 15) is 9.18 Å². The van der Waals surface area contributed by atoms with Gasteiger partial charge in [-0.15, -0.1) is 0 Å². The molecule has 7 heteroatoms. The summed E-state index contributed by atoms with van der Waals surface area (Å²) in [4.78, 5) is 17.0. The molecule has 5 rings (SSSR count). The van der Waals surface area contributed by atoms with Crippen LogP contribution in [0.5, 0.6) is 0 Å². The van der Waals surface area contributed by atoms with Gasteiger partial charge in [-0.25, -0.2) is 4.39 Å². The highest BCUT2D eigenvalue weighted by atomic mass is 19.1. The van der Waals surface area contributed by atoms with E-state index in [4.69, 9.17) is 0 Å². The fourth-order valence-corrected chi connectivity index (χ4v) is 3.97. The molecule has 1 aliphatic rings. The first-order valence-corrected chi connectivity index (χ1v) is 9.57. The van der Waals surface area contributed by atoms with Crippen molar-refractivity contribution in [3.8, 4) is 0 Å². The maximum atomic E-state index is 13.7. The molecule has 1 fully saturated rings. The number of anilines is 2. The summed E-state index contributed by atoms with van der Waals surface area (Å²) in [6, 6.07) is 15.1. The van der Waals surface area contributed by atoms with Crippen LogP contribution in [0.15, 0.2) is 54.7 Å². The molecule has 0 atom stereocenters. The van der Waals surface area contributed by atoms with Gasteiger partial charge in [0.1, 0.15) is 11.2 Å². The molecular formula is C22H20FN5O. The zero-order valence-corrected chi connectivity index (χ0v) is 15.9. The molecule has 0 spiro atoms. The van der Waals surface area contributed by atoms with Crippen LogP contribution >= 0.6 is 0 Å². The molecule has 0 radical (unpaired) electrons. The lowest BCUT2D eigenvalue weighted by atomic mass is 9.79. The average molecular weight is 389 g/mol. The topological polar surface area (TPSA) is 82.7 Å². The van der Waals surface area contributed by atoms with Crippen molar-refractivity contribution in [3.63, 3.8) is 0 Å². The van der Waals surface area contributed by atoms with E-state index in [1.807, 2.05) is 42.5 Å². The molecular weight excluding hydrogens is 369 g/mol. The molecule has 6 nitrogen and oxygen atoms in total. The Morgan fingerprint density at radius 2 is 2.07 bits per heavy atom. The summed E-state index contributed by atoms with van der Waals surface area (Å²) in [5, 5.41) is 15.2. The number of amides is 1. The number of nitrogens with zero attached hydrogens (tertiary/aromatic N) is 2. The Kier molecular flexibility index (Phi) is 3.97. The number of H-pyrrole nitrogens is 1. The van der Waals surface area contributed by atoms with Crippen molar-refractivity contribution in [1.82, 2.24) is 20.5 Å².